The molecule has 108 valence electrons. The second-order valence-corrected chi connectivity index (χ2v) is 6.19. The maximum atomic E-state index is 12.1. The average Bonchev–Trinajstić information content (AvgIpc) is 2.46. The van der Waals surface area contributed by atoms with Gasteiger partial charge in [0.05, 0.1) is 4.92 Å². The minimum atomic E-state index is -4.01. The number of nitro benzene ring substituents is 1. The molecule has 0 radical (unpaired) electrons. The van der Waals surface area contributed by atoms with E-state index in [4.69, 9.17) is 0 Å². The highest BCUT2D eigenvalue weighted by Gasteiger charge is 2.24. The van der Waals surface area contributed by atoms with Crippen molar-refractivity contribution in [2.45, 2.75) is 37.0 Å². The molecule has 1 fully saturated rings. The van der Waals surface area contributed by atoms with Crippen LogP contribution in [0.25, 0.3) is 0 Å². The maximum absolute atomic E-state index is 12.1. The van der Waals surface area contributed by atoms with Crippen molar-refractivity contribution in [3.05, 3.63) is 34.4 Å². The molecule has 0 atom stereocenters. The van der Waals surface area contributed by atoms with E-state index < -0.39 is 20.6 Å². The molecule has 0 aliphatic heterocycles. The van der Waals surface area contributed by atoms with Crippen LogP contribution >= 0.6 is 0 Å². The van der Waals surface area contributed by atoms with Gasteiger partial charge in [-0.2, -0.15) is 18.4 Å². The highest BCUT2D eigenvalue weighted by molar-refractivity contribution is 7.89. The summed E-state index contributed by atoms with van der Waals surface area (Å²) in [5.41, 5.74) is 0.335. The number of nitro groups is 1. The van der Waals surface area contributed by atoms with Gasteiger partial charge in [0.1, 0.15) is 0 Å². The molecule has 0 bridgehead atoms. The number of hydrogen-bond acceptors (Lipinski definition) is 5. The van der Waals surface area contributed by atoms with E-state index in [2.05, 4.69) is 9.93 Å². The van der Waals surface area contributed by atoms with Gasteiger partial charge >= 0.3 is 0 Å². The van der Waals surface area contributed by atoms with Crippen molar-refractivity contribution < 1.29 is 13.3 Å². The Morgan fingerprint density at radius 1 is 1.15 bits per heavy atom. The van der Waals surface area contributed by atoms with E-state index in [-0.39, 0.29) is 4.90 Å². The molecule has 1 aliphatic carbocycles. The van der Waals surface area contributed by atoms with E-state index in [1.165, 1.54) is 18.2 Å². The van der Waals surface area contributed by atoms with Crippen molar-refractivity contribution in [1.29, 1.82) is 0 Å². The molecule has 1 aromatic carbocycles. The molecule has 8 heteroatoms. The van der Waals surface area contributed by atoms with Gasteiger partial charge < -0.3 is 0 Å². The fourth-order valence-electron chi connectivity index (χ4n) is 2.08. The van der Waals surface area contributed by atoms with Crippen molar-refractivity contribution in [3.63, 3.8) is 0 Å². The Hall–Kier alpha value is -1.96. The third kappa shape index (κ3) is 3.32. The Morgan fingerprint density at radius 3 is 2.45 bits per heavy atom. The first-order valence-corrected chi connectivity index (χ1v) is 7.80. The van der Waals surface area contributed by atoms with E-state index in [0.29, 0.717) is 0 Å². The van der Waals surface area contributed by atoms with Crippen LogP contribution < -0.4 is 4.83 Å². The predicted octanol–water partition coefficient (Wildman–Crippen LogP) is 2.19. The molecule has 0 aromatic heterocycles. The molecule has 0 unspecified atom stereocenters. The first kappa shape index (κ1) is 14.4. The zero-order chi connectivity index (χ0) is 14.6. The van der Waals surface area contributed by atoms with Gasteiger partial charge in [-0.15, -0.1) is 0 Å². The highest BCUT2D eigenvalue weighted by atomic mass is 32.2. The van der Waals surface area contributed by atoms with Crippen LogP contribution in [0.15, 0.2) is 34.3 Å². The van der Waals surface area contributed by atoms with Gasteiger partial charge in [0.25, 0.3) is 15.7 Å². The Balaban J connectivity index is 2.24. The Bertz CT molecular complexity index is 632. The largest absolute Gasteiger partial charge is 0.289 e. The smallest absolute Gasteiger partial charge is 0.258 e. The third-order valence-corrected chi connectivity index (χ3v) is 4.36. The molecule has 0 spiro atoms. The summed E-state index contributed by atoms with van der Waals surface area (Å²) in [4.78, 5) is 11.9. The Kier molecular flexibility index (Phi) is 4.33. The number of rotatable bonds is 4. The standard InChI is InChI=1S/C12H15N3O4S/c16-15(17)11-8-4-5-9-12(11)20(18,19)14-13-10-6-2-1-3-7-10/h4-5,8-9,14H,1-3,6-7H2. The number of benzene rings is 1. The molecule has 1 aromatic rings. The lowest BCUT2D eigenvalue weighted by molar-refractivity contribution is -0.387. The summed E-state index contributed by atoms with van der Waals surface area (Å²) >= 11 is 0. The molecule has 1 N–H and O–H groups in total. The lowest BCUT2D eigenvalue weighted by atomic mass is 9.99. The summed E-state index contributed by atoms with van der Waals surface area (Å²) in [6, 6.07) is 5.21. The summed E-state index contributed by atoms with van der Waals surface area (Å²) in [7, 11) is -4.01. The van der Waals surface area contributed by atoms with Crippen molar-refractivity contribution in [1.82, 2.24) is 4.83 Å². The number of nitrogens with zero attached hydrogens (tertiary/aromatic N) is 2. The normalized spacial score (nSPS) is 15.7. The lowest BCUT2D eigenvalue weighted by Crippen LogP contribution is -2.22. The molecule has 0 amide bonds. The zero-order valence-electron chi connectivity index (χ0n) is 10.8. The third-order valence-electron chi connectivity index (χ3n) is 3.11. The lowest BCUT2D eigenvalue weighted by Gasteiger charge is -2.12. The van der Waals surface area contributed by atoms with E-state index in [0.717, 1.165) is 43.9 Å². The zero-order valence-corrected chi connectivity index (χ0v) is 11.6. The van der Waals surface area contributed by atoms with Gasteiger partial charge in [-0.1, -0.05) is 18.6 Å². The number of sulfonamides is 1. The SMILES string of the molecule is O=[N+]([O-])c1ccccc1S(=O)(=O)NN=C1CCCCC1. The van der Waals surface area contributed by atoms with Gasteiger partial charge in [-0.05, 0) is 31.7 Å². The summed E-state index contributed by atoms with van der Waals surface area (Å²) < 4.78 is 24.2. The minimum Gasteiger partial charge on any atom is -0.258 e. The number of nitrogens with one attached hydrogen (secondary N) is 1. The summed E-state index contributed by atoms with van der Waals surface area (Å²) in [5, 5.41) is 14.7. The van der Waals surface area contributed by atoms with Crippen LogP contribution in [0.1, 0.15) is 32.1 Å². The fourth-order valence-corrected chi connectivity index (χ4v) is 3.10. The van der Waals surface area contributed by atoms with Crippen molar-refractivity contribution in [2.24, 2.45) is 5.10 Å². The van der Waals surface area contributed by atoms with Gasteiger partial charge in [-0.3, -0.25) is 10.1 Å². The van der Waals surface area contributed by atoms with Crippen LogP contribution in [0, 0.1) is 10.1 Å². The second kappa shape index (κ2) is 6.00. The van der Waals surface area contributed by atoms with Crippen LogP contribution in [0.2, 0.25) is 0 Å². The molecule has 20 heavy (non-hydrogen) atoms. The van der Waals surface area contributed by atoms with Gasteiger partial charge in [0.15, 0.2) is 4.90 Å². The van der Waals surface area contributed by atoms with Crippen molar-refractivity contribution in [2.75, 3.05) is 0 Å². The summed E-state index contributed by atoms with van der Waals surface area (Å²) in [6.45, 7) is 0. The van der Waals surface area contributed by atoms with E-state index in [1.54, 1.807) is 0 Å². The average molecular weight is 297 g/mol. The van der Waals surface area contributed by atoms with E-state index in [9.17, 15) is 18.5 Å². The first-order chi connectivity index (χ1) is 9.50. The predicted molar refractivity (Wildman–Crippen MR) is 73.9 cm³/mol. The minimum absolute atomic E-state index is 0.370. The molecular formula is C12H15N3O4S. The second-order valence-electron chi connectivity index (χ2n) is 4.56. The Morgan fingerprint density at radius 2 is 1.80 bits per heavy atom. The number of hydrogen-bond donors (Lipinski definition) is 1. The van der Waals surface area contributed by atoms with Gasteiger partial charge in [-0.25, -0.2) is 0 Å². The fraction of sp³-hybridized carbons (Fsp3) is 0.417. The maximum Gasteiger partial charge on any atom is 0.289 e. The van der Waals surface area contributed by atoms with Crippen molar-refractivity contribution in [3.8, 4) is 0 Å². The summed E-state index contributed by atoms with van der Waals surface area (Å²) in [6.07, 6.45) is 4.63. The molecule has 7 nitrogen and oxygen atoms in total. The van der Waals surface area contributed by atoms with E-state index >= 15 is 0 Å². The monoisotopic (exact) mass is 297 g/mol. The molecule has 0 heterocycles. The van der Waals surface area contributed by atoms with Crippen LogP contribution in [0.4, 0.5) is 5.69 Å². The highest BCUT2D eigenvalue weighted by Crippen LogP contribution is 2.23. The van der Waals surface area contributed by atoms with Gasteiger partial charge in [0.2, 0.25) is 0 Å². The molecule has 1 aliphatic rings. The van der Waals surface area contributed by atoms with Crippen LogP contribution in [0.3, 0.4) is 0 Å². The van der Waals surface area contributed by atoms with Gasteiger partial charge in [0, 0.05) is 11.8 Å². The number of para-hydroxylation sites is 1. The molecule has 1 saturated carbocycles. The van der Waals surface area contributed by atoms with E-state index in [1.807, 2.05) is 0 Å². The van der Waals surface area contributed by atoms with Crippen LogP contribution in [-0.2, 0) is 10.0 Å². The van der Waals surface area contributed by atoms with Crippen LogP contribution in [0.5, 0.6) is 0 Å². The Labute approximate surface area is 116 Å². The van der Waals surface area contributed by atoms with Crippen molar-refractivity contribution >= 4 is 21.4 Å². The van der Waals surface area contributed by atoms with Crippen LogP contribution in [-0.4, -0.2) is 19.1 Å². The quantitative estimate of drug-likeness (QED) is 0.679. The number of hydrazone groups is 1. The molecular weight excluding hydrogens is 282 g/mol. The summed E-state index contributed by atoms with van der Waals surface area (Å²) in [5.74, 6) is 0. The molecule has 2 rings (SSSR count). The first-order valence-electron chi connectivity index (χ1n) is 6.31. The molecule has 0 saturated heterocycles. The topological polar surface area (TPSA) is 102 Å².